The number of hydrogen-bond donors (Lipinski definition) is 2. The Morgan fingerprint density at radius 2 is 2.26 bits per heavy atom. The first kappa shape index (κ1) is 14.6. The Hall–Kier alpha value is -1.99. The van der Waals surface area contributed by atoms with Crippen molar-refractivity contribution < 1.29 is 4.39 Å². The summed E-state index contributed by atoms with van der Waals surface area (Å²) in [6, 6.07) is 3.13. The summed E-state index contributed by atoms with van der Waals surface area (Å²) in [7, 11) is 0. The molecule has 2 atom stereocenters. The topological polar surface area (TPSA) is 73.9 Å². The van der Waals surface area contributed by atoms with Gasteiger partial charge in [0.05, 0.1) is 0 Å². The van der Waals surface area contributed by atoms with Gasteiger partial charge in [0.15, 0.2) is 5.82 Å². The average Bonchev–Trinajstić information content (AvgIpc) is 3.13. The van der Waals surface area contributed by atoms with Gasteiger partial charge in [0.1, 0.15) is 10.8 Å². The molecule has 120 valence electrons. The van der Waals surface area contributed by atoms with Crippen LogP contribution in [-0.2, 0) is 0 Å². The number of hydrogen-bond acceptors (Lipinski definition) is 5. The van der Waals surface area contributed by atoms with Crippen LogP contribution < -0.4 is 15.8 Å². The van der Waals surface area contributed by atoms with Gasteiger partial charge in [-0.25, -0.2) is 9.97 Å². The van der Waals surface area contributed by atoms with E-state index in [1.54, 1.807) is 6.07 Å². The molecule has 4 heterocycles. The zero-order chi connectivity index (χ0) is 16.0. The number of fused-ring (bicyclic) bond motifs is 1. The van der Waals surface area contributed by atoms with E-state index < -0.39 is 11.5 Å². The van der Waals surface area contributed by atoms with Crippen LogP contribution in [-0.4, -0.2) is 40.6 Å². The number of halogens is 2. The first-order valence-electron chi connectivity index (χ1n) is 7.52. The molecule has 0 unspecified atom stereocenters. The number of anilines is 1. The maximum atomic E-state index is 13.3. The standard InChI is InChI=1S/C15H15ClFN5O/c16-12-14(22-4-2-9-6-18-7-10(9)22)20-13(21-15(12)23)8-1-3-19-11(17)5-8/h1,3,5,9-10,18H,2,4,6-7H2,(H,20,21,23)/t9-,10+/m1/s1. The SMILES string of the molecule is O=c1[nH]c(-c2ccnc(F)c2)nc(N2CC[C@@H]3CNC[C@@H]32)c1Cl. The van der Waals surface area contributed by atoms with Crippen molar-refractivity contribution in [3.63, 3.8) is 0 Å². The summed E-state index contributed by atoms with van der Waals surface area (Å²) < 4.78 is 13.3. The molecule has 8 heteroatoms. The first-order valence-corrected chi connectivity index (χ1v) is 7.90. The minimum absolute atomic E-state index is 0.0795. The van der Waals surface area contributed by atoms with Crippen LogP contribution >= 0.6 is 11.6 Å². The Morgan fingerprint density at radius 3 is 3.09 bits per heavy atom. The summed E-state index contributed by atoms with van der Waals surface area (Å²) in [6.07, 6.45) is 2.38. The van der Waals surface area contributed by atoms with Gasteiger partial charge in [-0.15, -0.1) is 0 Å². The molecule has 0 spiro atoms. The highest BCUT2D eigenvalue weighted by Crippen LogP contribution is 2.34. The van der Waals surface area contributed by atoms with Gasteiger partial charge in [0, 0.05) is 43.5 Å². The lowest BCUT2D eigenvalue weighted by Gasteiger charge is -2.25. The molecular formula is C15H15ClFN5O. The highest BCUT2D eigenvalue weighted by atomic mass is 35.5. The molecule has 0 amide bonds. The Balaban J connectivity index is 1.79. The second-order valence-corrected chi connectivity index (χ2v) is 6.27. The van der Waals surface area contributed by atoms with Crippen molar-refractivity contribution in [3.8, 4) is 11.4 Å². The summed E-state index contributed by atoms with van der Waals surface area (Å²) >= 11 is 6.20. The maximum Gasteiger partial charge on any atom is 0.272 e. The molecular weight excluding hydrogens is 321 g/mol. The molecule has 23 heavy (non-hydrogen) atoms. The lowest BCUT2D eigenvalue weighted by Crippen LogP contribution is -2.36. The molecule has 2 aliphatic rings. The van der Waals surface area contributed by atoms with Crippen molar-refractivity contribution in [2.24, 2.45) is 5.92 Å². The zero-order valence-electron chi connectivity index (χ0n) is 12.2. The van der Waals surface area contributed by atoms with Crippen LogP contribution in [0.15, 0.2) is 23.1 Å². The van der Waals surface area contributed by atoms with E-state index in [4.69, 9.17) is 11.6 Å². The van der Waals surface area contributed by atoms with Crippen LogP contribution in [0, 0.1) is 11.9 Å². The highest BCUT2D eigenvalue weighted by molar-refractivity contribution is 6.32. The Morgan fingerprint density at radius 1 is 1.39 bits per heavy atom. The second kappa shape index (κ2) is 5.58. The number of rotatable bonds is 2. The fraction of sp³-hybridized carbons (Fsp3) is 0.400. The molecule has 0 aliphatic carbocycles. The van der Waals surface area contributed by atoms with Crippen molar-refractivity contribution in [2.75, 3.05) is 24.5 Å². The molecule has 2 N–H and O–H groups in total. The zero-order valence-corrected chi connectivity index (χ0v) is 13.0. The largest absolute Gasteiger partial charge is 0.351 e. The van der Waals surface area contributed by atoms with E-state index >= 15 is 0 Å². The fourth-order valence-corrected chi connectivity index (χ4v) is 3.63. The second-order valence-electron chi connectivity index (χ2n) is 5.89. The van der Waals surface area contributed by atoms with Crippen LogP contribution in [0.4, 0.5) is 10.2 Å². The third-order valence-electron chi connectivity index (χ3n) is 4.56. The highest BCUT2D eigenvalue weighted by Gasteiger charge is 2.39. The number of nitrogens with zero attached hydrogens (tertiary/aromatic N) is 3. The number of aromatic amines is 1. The number of aromatic nitrogens is 3. The van der Waals surface area contributed by atoms with Crippen LogP contribution in [0.5, 0.6) is 0 Å². The monoisotopic (exact) mass is 335 g/mol. The summed E-state index contributed by atoms with van der Waals surface area (Å²) in [4.78, 5) is 24.9. The van der Waals surface area contributed by atoms with Crippen LogP contribution in [0.25, 0.3) is 11.4 Å². The number of H-pyrrole nitrogens is 1. The summed E-state index contributed by atoms with van der Waals surface area (Å²) in [5, 5.41) is 3.44. The number of nitrogens with one attached hydrogen (secondary N) is 2. The fourth-order valence-electron chi connectivity index (χ4n) is 3.44. The van der Waals surface area contributed by atoms with Crippen molar-refractivity contribution in [1.29, 1.82) is 0 Å². The minimum atomic E-state index is -0.622. The molecule has 6 nitrogen and oxygen atoms in total. The molecule has 0 aromatic carbocycles. The Bertz CT molecular complexity index is 811. The van der Waals surface area contributed by atoms with Crippen LogP contribution in [0.2, 0.25) is 5.02 Å². The molecule has 2 aliphatic heterocycles. The quantitative estimate of drug-likeness (QED) is 0.812. The molecule has 2 aromatic rings. The van der Waals surface area contributed by atoms with Crippen molar-refractivity contribution in [3.05, 3.63) is 39.7 Å². The lowest BCUT2D eigenvalue weighted by atomic mass is 10.1. The molecule has 0 saturated carbocycles. The van der Waals surface area contributed by atoms with Gasteiger partial charge in [0.2, 0.25) is 5.95 Å². The van der Waals surface area contributed by atoms with E-state index in [0.29, 0.717) is 29.2 Å². The van der Waals surface area contributed by atoms with Crippen LogP contribution in [0.1, 0.15) is 6.42 Å². The van der Waals surface area contributed by atoms with Crippen molar-refractivity contribution in [2.45, 2.75) is 12.5 Å². The van der Waals surface area contributed by atoms with Crippen molar-refractivity contribution >= 4 is 17.4 Å². The van der Waals surface area contributed by atoms with E-state index in [1.165, 1.54) is 12.3 Å². The van der Waals surface area contributed by atoms with Gasteiger partial charge in [-0.2, -0.15) is 4.39 Å². The van der Waals surface area contributed by atoms with Gasteiger partial charge < -0.3 is 15.2 Å². The van der Waals surface area contributed by atoms with E-state index in [-0.39, 0.29) is 5.02 Å². The summed E-state index contributed by atoms with van der Waals surface area (Å²) in [6.45, 7) is 2.65. The van der Waals surface area contributed by atoms with Crippen molar-refractivity contribution in [1.82, 2.24) is 20.3 Å². The van der Waals surface area contributed by atoms with Gasteiger partial charge in [-0.05, 0) is 18.4 Å². The molecule has 2 aromatic heterocycles. The summed E-state index contributed by atoms with van der Waals surface area (Å²) in [5.74, 6) is 0.695. The molecule has 2 saturated heterocycles. The predicted octanol–water partition coefficient (Wildman–Crippen LogP) is 1.42. The predicted molar refractivity (Wildman–Crippen MR) is 85.2 cm³/mol. The lowest BCUT2D eigenvalue weighted by molar-refractivity contribution is 0.577. The smallest absolute Gasteiger partial charge is 0.272 e. The van der Waals surface area contributed by atoms with Crippen LogP contribution in [0.3, 0.4) is 0 Å². The van der Waals surface area contributed by atoms with Gasteiger partial charge >= 0.3 is 0 Å². The first-order chi connectivity index (χ1) is 11.1. The Kier molecular flexibility index (Phi) is 3.54. The minimum Gasteiger partial charge on any atom is -0.351 e. The normalized spacial score (nSPS) is 23.3. The van der Waals surface area contributed by atoms with E-state index in [1.807, 2.05) is 0 Å². The van der Waals surface area contributed by atoms with E-state index in [9.17, 15) is 9.18 Å². The van der Waals surface area contributed by atoms with Gasteiger partial charge in [0.25, 0.3) is 5.56 Å². The third-order valence-corrected chi connectivity index (χ3v) is 4.90. The number of pyridine rings is 1. The molecule has 0 radical (unpaired) electrons. The molecule has 4 rings (SSSR count). The van der Waals surface area contributed by atoms with Gasteiger partial charge in [-0.3, -0.25) is 4.79 Å². The van der Waals surface area contributed by atoms with E-state index in [0.717, 1.165) is 26.1 Å². The summed E-state index contributed by atoms with van der Waals surface area (Å²) in [5.41, 5.74) is 0.0473. The molecule has 0 bridgehead atoms. The Labute approximate surface area is 136 Å². The van der Waals surface area contributed by atoms with E-state index in [2.05, 4.69) is 25.2 Å². The maximum absolute atomic E-state index is 13.3. The van der Waals surface area contributed by atoms with Gasteiger partial charge in [-0.1, -0.05) is 11.6 Å². The third kappa shape index (κ3) is 2.49. The average molecular weight is 336 g/mol. The molecule has 2 fully saturated rings.